The van der Waals surface area contributed by atoms with Crippen LogP contribution in [0.4, 0.5) is 0 Å². The zero-order chi connectivity index (χ0) is 80.9. The van der Waals surface area contributed by atoms with Gasteiger partial charge in [-0.1, -0.05) is 252 Å². The summed E-state index contributed by atoms with van der Waals surface area (Å²) in [5.74, 6) is 15.2. The van der Waals surface area contributed by atoms with Crippen LogP contribution in [0.1, 0.15) is 148 Å². The number of terminal acetylenes is 1. The molecule has 0 aromatic heterocycles. The molecule has 0 unspecified atom stereocenters. The smallest absolute Gasteiger partial charge is 0.668 e. The molecule has 0 aliphatic rings. The summed E-state index contributed by atoms with van der Waals surface area (Å²) in [4.78, 5) is 0. The van der Waals surface area contributed by atoms with Gasteiger partial charge >= 0.3 is 18.9 Å². The van der Waals surface area contributed by atoms with Crippen molar-refractivity contribution in [1.82, 2.24) is 0 Å². The molecular weight excluding hydrogens is 1550 g/mol. The summed E-state index contributed by atoms with van der Waals surface area (Å²) in [6.07, 6.45) is 13.0. The van der Waals surface area contributed by atoms with Gasteiger partial charge in [-0.25, -0.2) is 0 Å². The molecule has 0 fully saturated rings. The second-order valence-corrected chi connectivity index (χ2v) is 40.1. The minimum Gasteiger partial charge on any atom is -0.668 e. The molecule has 0 bridgehead atoms. The number of nitrogens with two attached hydrogens (primary N) is 2. The average Bonchev–Trinajstić information content (AvgIpc) is 0.845. The van der Waals surface area contributed by atoms with Crippen molar-refractivity contribution in [1.29, 1.82) is 37.1 Å². The third-order valence-corrected chi connectivity index (χ3v) is 22.8. The third kappa shape index (κ3) is 37.6. The number of halogens is 2. The monoisotopic (exact) mass is 1650 g/mol. The fourth-order valence-electron chi connectivity index (χ4n) is 11.6. The van der Waals surface area contributed by atoms with Crippen molar-refractivity contribution in [3.63, 3.8) is 0 Å². The van der Waals surface area contributed by atoms with E-state index in [1.165, 1.54) is 61.2 Å². The van der Waals surface area contributed by atoms with Gasteiger partial charge in [-0.15, -0.1) is 6.42 Å². The normalized spacial score (nSPS) is 9.81. The van der Waals surface area contributed by atoms with Crippen LogP contribution < -0.4 is 30.3 Å². The Bertz CT molecular complexity index is 5000. The SMILES string of the molecule is C.C.C#Cc1ccc(C#N)cc1.C[Si](C)(C)[N-][Si](C)(C)C.Cc1cc(Br)cc(Br)c1.Cc1cc(C#Cc2ccc(C#N)cc2)cc(C#Cc2ccc(C#N)cc2)c1.Cc1cc(CCc2ccc(C#N)cc2)cc(CCc2ccc(C#N)cc2)c1.Cc1cc(CCc2ccc(C(=N)N)cc2)cc(CCc2ccc(C(=N)N)cc2)c1.[Li+]. The van der Waals surface area contributed by atoms with Crippen molar-refractivity contribution >= 4 is 60.0 Å². The van der Waals surface area contributed by atoms with Crippen molar-refractivity contribution < 1.29 is 18.9 Å². The summed E-state index contributed by atoms with van der Waals surface area (Å²) < 4.78 is 7.06. The number of rotatable bonds is 16. The van der Waals surface area contributed by atoms with E-state index in [0.29, 0.717) is 27.8 Å². The Kier molecular flexibility index (Phi) is 42.2. The molecular formula is C99H101Br2LiN10Si2. The number of aryl methyl sites for hydroxylation is 12. The Labute approximate surface area is 711 Å². The molecule has 10 nitrogen and oxygen atoms in total. The first-order valence-electron chi connectivity index (χ1n) is 36.3. The molecule has 0 atom stereocenters. The Morgan fingerprint density at radius 2 is 0.535 bits per heavy atom. The van der Waals surface area contributed by atoms with Gasteiger partial charge in [-0.3, -0.25) is 10.8 Å². The van der Waals surface area contributed by atoms with Gasteiger partial charge in [0.2, 0.25) is 0 Å². The maximum Gasteiger partial charge on any atom is 1.00 e. The van der Waals surface area contributed by atoms with Gasteiger partial charge in [0.1, 0.15) is 11.7 Å². The van der Waals surface area contributed by atoms with E-state index in [1.807, 2.05) is 134 Å². The van der Waals surface area contributed by atoms with Crippen molar-refractivity contribution in [3.8, 4) is 66.4 Å². The molecule has 0 radical (unpaired) electrons. The molecule has 570 valence electrons. The molecule has 0 saturated carbocycles. The number of amidine groups is 2. The molecule has 11 aromatic rings. The number of hydrogen-bond donors (Lipinski definition) is 4. The molecule has 0 aliphatic heterocycles. The van der Waals surface area contributed by atoms with E-state index in [-0.39, 0.29) is 45.4 Å². The van der Waals surface area contributed by atoms with Crippen molar-refractivity contribution in [3.05, 3.63) is 390 Å². The molecule has 11 aromatic carbocycles. The number of nitrogens with zero attached hydrogens (tertiary/aromatic N) is 6. The number of nitrogen functional groups attached to an aromatic ring is 2. The Hall–Kier alpha value is -11.6. The molecule has 11 rings (SSSR count). The van der Waals surface area contributed by atoms with E-state index >= 15 is 0 Å². The van der Waals surface area contributed by atoms with Crippen molar-refractivity contribution in [2.75, 3.05) is 0 Å². The number of nitrogens with one attached hydrogen (secondary N) is 2. The van der Waals surface area contributed by atoms with Crippen LogP contribution in [0, 0.1) is 131 Å². The van der Waals surface area contributed by atoms with Crippen LogP contribution >= 0.6 is 31.9 Å². The predicted molar refractivity (Wildman–Crippen MR) is 484 cm³/mol. The summed E-state index contributed by atoms with van der Waals surface area (Å²) >= 11 is 6.77. The van der Waals surface area contributed by atoms with Crippen LogP contribution in [-0.2, 0) is 51.4 Å². The number of nitriles is 5. The first kappa shape index (κ1) is 96.6. The first-order valence-corrected chi connectivity index (χ1v) is 44.8. The summed E-state index contributed by atoms with van der Waals surface area (Å²) in [7, 11) is -2.21. The van der Waals surface area contributed by atoms with Gasteiger partial charge in [0.15, 0.2) is 0 Å². The van der Waals surface area contributed by atoms with E-state index in [2.05, 4.69) is 219 Å². The Balaban J connectivity index is 0.000000374. The van der Waals surface area contributed by atoms with Gasteiger partial charge < -0.3 is 16.1 Å². The van der Waals surface area contributed by atoms with Gasteiger partial charge in [0.05, 0.1) is 58.2 Å². The minimum atomic E-state index is -1.11. The van der Waals surface area contributed by atoms with E-state index in [9.17, 15) is 0 Å². The standard InChI is InChI=1S/C25H28N4.C25H22N2.C25H14N2.C9H5N.C7H6Br2.C6H18NSi2.2CH4.Li/c1-17-14-20(4-2-18-6-10-22(11-7-18)24(26)27)16-21(15-17)5-3-19-8-12-23(13-9-19)25(28)29;2*1-19-14-24(12-6-20-2-8-22(17-26)9-3-20)16-25(15-19)13-7-21-4-10-23(18-27)11-5-21;1-2-8-3-5-9(7-10)6-4-8;1-5-2-6(8)4-7(9)3-5;1-8(2,3)7-9(4,5)6;;;/h6-16H,2-5H2,1H3,(H3,26,27)(H3,28,29);2-5,8-11,14-16H,6-7,12-13H2,1H3;2-5,8-11,14-16H,1H3;1,3-6H;2-4H,1H3;1-6H3;2*1H4;/q;;;;;-1;;;+1. The molecule has 0 spiro atoms. The van der Waals surface area contributed by atoms with E-state index in [4.69, 9.17) is 59.7 Å². The van der Waals surface area contributed by atoms with Crippen LogP contribution in [-0.4, -0.2) is 28.1 Å². The number of hydrogen-bond acceptors (Lipinski definition) is 7. The van der Waals surface area contributed by atoms with E-state index < -0.39 is 16.5 Å². The van der Waals surface area contributed by atoms with Gasteiger partial charge in [0.25, 0.3) is 0 Å². The van der Waals surface area contributed by atoms with E-state index in [0.717, 1.165) is 105 Å². The van der Waals surface area contributed by atoms with Crippen LogP contribution in [0.2, 0.25) is 39.3 Å². The topological polar surface area (TPSA) is 233 Å². The predicted octanol–water partition coefficient (Wildman–Crippen LogP) is 20.3. The summed E-state index contributed by atoms with van der Waals surface area (Å²) in [6, 6.07) is 89.2. The molecule has 6 N–H and O–H groups in total. The second-order valence-electron chi connectivity index (χ2n) is 28.7. The summed E-state index contributed by atoms with van der Waals surface area (Å²) in [5.41, 5.74) is 35.6. The second kappa shape index (κ2) is 49.7. The maximum absolute atomic E-state index is 8.89. The average molecular weight is 1650 g/mol. The van der Waals surface area contributed by atoms with Crippen molar-refractivity contribution in [2.24, 2.45) is 11.5 Å². The van der Waals surface area contributed by atoms with Gasteiger partial charge in [-0.05, 0) is 268 Å². The zero-order valence-electron chi connectivity index (χ0n) is 65.9. The summed E-state index contributed by atoms with van der Waals surface area (Å²) in [5, 5.41) is 58.8. The largest absolute Gasteiger partial charge is 1.00 e. The number of benzene rings is 11. The van der Waals surface area contributed by atoms with Crippen LogP contribution in [0.3, 0.4) is 0 Å². The van der Waals surface area contributed by atoms with Gasteiger partial charge in [0, 0.05) is 47.9 Å². The quantitative estimate of drug-likeness (QED) is 0.0316. The Morgan fingerprint density at radius 1 is 0.316 bits per heavy atom. The molecule has 15 heteroatoms. The third-order valence-electron chi connectivity index (χ3n) is 16.6. The minimum absolute atomic E-state index is 0. The first-order chi connectivity index (χ1) is 53.0. The van der Waals surface area contributed by atoms with Gasteiger partial charge in [-0.2, -0.15) is 26.3 Å². The molecule has 0 aliphatic carbocycles. The molecule has 114 heavy (non-hydrogen) atoms. The fraction of sp³-hybridized carbons (Fsp3) is 0.202. The van der Waals surface area contributed by atoms with Crippen LogP contribution in [0.15, 0.2) is 252 Å². The molecule has 0 amide bonds. The fourth-order valence-corrected chi connectivity index (χ4v) is 21.2. The van der Waals surface area contributed by atoms with E-state index in [1.54, 1.807) is 48.5 Å². The zero-order valence-corrected chi connectivity index (χ0v) is 71.1. The summed E-state index contributed by atoms with van der Waals surface area (Å²) in [6.45, 7) is 22.2. The van der Waals surface area contributed by atoms with Crippen LogP contribution in [0.25, 0.3) is 4.65 Å². The van der Waals surface area contributed by atoms with Crippen LogP contribution in [0.5, 0.6) is 0 Å². The van der Waals surface area contributed by atoms with Crippen molar-refractivity contribution in [2.45, 2.75) is 133 Å². The molecule has 0 saturated heterocycles. The maximum atomic E-state index is 8.89. The molecule has 0 heterocycles. The Morgan fingerprint density at radius 3 is 0.772 bits per heavy atom.